The first-order chi connectivity index (χ1) is 12.1. The second-order valence-corrected chi connectivity index (χ2v) is 9.37. The number of hydrogen-bond acceptors (Lipinski definition) is 4. The molecule has 0 aromatic carbocycles. The Morgan fingerprint density at radius 3 is 2.44 bits per heavy atom. The Kier molecular flexibility index (Phi) is 4.85. The molecule has 1 N–H and O–H groups in total. The molecule has 0 unspecified atom stereocenters. The Morgan fingerprint density at radius 1 is 1.16 bits per heavy atom. The van der Waals surface area contributed by atoms with Crippen LogP contribution in [-0.4, -0.2) is 24.0 Å². The van der Waals surface area contributed by atoms with E-state index in [9.17, 15) is 9.59 Å². The first-order valence-electron chi connectivity index (χ1n) is 9.59. The third-order valence-electron chi connectivity index (χ3n) is 6.19. The molecule has 4 nitrogen and oxygen atoms in total. The van der Waals surface area contributed by atoms with E-state index < -0.39 is 0 Å². The van der Waals surface area contributed by atoms with Crippen molar-refractivity contribution in [2.75, 3.05) is 6.61 Å². The van der Waals surface area contributed by atoms with Crippen molar-refractivity contribution in [2.45, 2.75) is 63.3 Å². The number of carbonyl (C=O) groups excluding carboxylic acids is 2. The van der Waals surface area contributed by atoms with Crippen LogP contribution in [-0.2, 0) is 20.7 Å². The molecule has 5 heteroatoms. The van der Waals surface area contributed by atoms with E-state index in [2.05, 4.69) is 11.4 Å². The highest BCUT2D eigenvalue weighted by molar-refractivity contribution is 7.09. The number of hydrogen-bond donors (Lipinski definition) is 1. The van der Waals surface area contributed by atoms with Gasteiger partial charge in [-0.15, -0.1) is 11.3 Å². The van der Waals surface area contributed by atoms with Gasteiger partial charge in [-0.05, 0) is 80.6 Å². The topological polar surface area (TPSA) is 55.4 Å². The predicted octanol–water partition coefficient (Wildman–Crippen LogP) is 3.70. The number of aryl methyl sites for hydroxylation is 1. The molecule has 0 radical (unpaired) electrons. The van der Waals surface area contributed by atoms with Crippen LogP contribution in [0, 0.1) is 17.8 Å². The van der Waals surface area contributed by atoms with Gasteiger partial charge in [0.25, 0.3) is 5.91 Å². The second-order valence-electron chi connectivity index (χ2n) is 8.34. The molecule has 1 heterocycles. The van der Waals surface area contributed by atoms with E-state index in [1.54, 1.807) is 11.3 Å². The maximum Gasteiger partial charge on any atom is 0.306 e. The molecule has 4 saturated carbocycles. The van der Waals surface area contributed by atoms with Crippen LogP contribution in [0.1, 0.15) is 56.2 Å². The molecule has 5 rings (SSSR count). The molecule has 1 aromatic rings. The molecule has 136 valence electrons. The number of carbonyl (C=O) groups is 2. The molecule has 0 spiro atoms. The zero-order chi connectivity index (χ0) is 17.3. The molecule has 1 aromatic heterocycles. The summed E-state index contributed by atoms with van der Waals surface area (Å²) in [6.07, 6.45) is 9.49. The Bertz CT molecular complexity index is 590. The molecule has 4 aliphatic carbocycles. The second kappa shape index (κ2) is 7.10. The van der Waals surface area contributed by atoms with Crippen molar-refractivity contribution in [2.24, 2.45) is 17.8 Å². The van der Waals surface area contributed by atoms with Gasteiger partial charge in [0, 0.05) is 16.8 Å². The van der Waals surface area contributed by atoms with Crippen LogP contribution in [0.5, 0.6) is 0 Å². The molecule has 1 amide bonds. The molecule has 0 atom stereocenters. The van der Waals surface area contributed by atoms with Crippen LogP contribution in [0.2, 0.25) is 0 Å². The van der Waals surface area contributed by atoms with E-state index in [0.717, 1.165) is 49.9 Å². The average molecular weight is 362 g/mol. The summed E-state index contributed by atoms with van der Waals surface area (Å²) in [7, 11) is 0. The summed E-state index contributed by atoms with van der Waals surface area (Å²) >= 11 is 1.71. The van der Waals surface area contributed by atoms with Crippen LogP contribution < -0.4 is 5.32 Å². The monoisotopic (exact) mass is 361 g/mol. The molecule has 0 aliphatic heterocycles. The van der Waals surface area contributed by atoms with Gasteiger partial charge in [-0.3, -0.25) is 9.59 Å². The summed E-state index contributed by atoms with van der Waals surface area (Å²) in [5, 5.41) is 5.29. The van der Waals surface area contributed by atoms with Crippen LogP contribution in [0.15, 0.2) is 17.5 Å². The highest BCUT2D eigenvalue weighted by Crippen LogP contribution is 2.55. The normalized spacial score (nSPS) is 32.6. The van der Waals surface area contributed by atoms with Gasteiger partial charge >= 0.3 is 5.97 Å². The van der Waals surface area contributed by atoms with Gasteiger partial charge in [0.2, 0.25) is 0 Å². The molecule has 4 bridgehead atoms. The van der Waals surface area contributed by atoms with Crippen LogP contribution in [0.3, 0.4) is 0 Å². The third-order valence-corrected chi connectivity index (χ3v) is 7.13. The minimum atomic E-state index is -0.266. The van der Waals surface area contributed by atoms with E-state index in [-0.39, 0.29) is 24.0 Å². The van der Waals surface area contributed by atoms with E-state index in [1.165, 1.54) is 24.1 Å². The minimum absolute atomic E-state index is 0.00257. The number of rotatable bonds is 7. The average Bonchev–Trinajstić information content (AvgIpc) is 3.04. The zero-order valence-corrected chi connectivity index (χ0v) is 15.5. The number of thiophene rings is 1. The summed E-state index contributed by atoms with van der Waals surface area (Å²) in [6, 6.07) is 4.10. The van der Waals surface area contributed by atoms with Gasteiger partial charge < -0.3 is 10.1 Å². The highest BCUT2D eigenvalue weighted by atomic mass is 32.1. The SMILES string of the molecule is O=C(COC(=O)CCCc1cccs1)NC12CC3CC(CC(C3)C1)C2. The lowest BCUT2D eigenvalue weighted by molar-refractivity contribution is -0.150. The van der Waals surface area contributed by atoms with Gasteiger partial charge in [-0.2, -0.15) is 0 Å². The quantitative estimate of drug-likeness (QED) is 0.754. The van der Waals surface area contributed by atoms with Crippen molar-refractivity contribution in [3.05, 3.63) is 22.4 Å². The van der Waals surface area contributed by atoms with Crippen molar-refractivity contribution < 1.29 is 14.3 Å². The smallest absolute Gasteiger partial charge is 0.306 e. The lowest BCUT2D eigenvalue weighted by Gasteiger charge is -2.56. The van der Waals surface area contributed by atoms with Crippen molar-refractivity contribution >= 4 is 23.2 Å². The highest BCUT2D eigenvalue weighted by Gasteiger charge is 2.51. The van der Waals surface area contributed by atoms with Crippen LogP contribution in [0.25, 0.3) is 0 Å². The lowest BCUT2D eigenvalue weighted by Crippen LogP contribution is -2.60. The standard InChI is InChI=1S/C20H27NO3S/c22-18(13-24-19(23)5-1-3-17-4-2-6-25-17)21-20-10-14-7-15(11-20)9-16(8-14)12-20/h2,4,6,14-16H,1,3,5,7-13H2,(H,21,22). The Morgan fingerprint density at radius 2 is 1.84 bits per heavy atom. The number of nitrogens with one attached hydrogen (secondary N) is 1. The lowest BCUT2D eigenvalue weighted by atomic mass is 9.53. The van der Waals surface area contributed by atoms with Gasteiger partial charge in [-0.25, -0.2) is 0 Å². The molecule has 4 aliphatic rings. The zero-order valence-electron chi connectivity index (χ0n) is 14.7. The third kappa shape index (κ3) is 4.08. The Labute approximate surface area is 153 Å². The van der Waals surface area contributed by atoms with E-state index in [0.29, 0.717) is 6.42 Å². The fraction of sp³-hybridized carbons (Fsp3) is 0.700. The van der Waals surface area contributed by atoms with Crippen LogP contribution in [0.4, 0.5) is 0 Å². The fourth-order valence-electron chi connectivity index (χ4n) is 5.68. The number of esters is 1. The van der Waals surface area contributed by atoms with Crippen molar-refractivity contribution in [1.29, 1.82) is 0 Å². The van der Waals surface area contributed by atoms with Gasteiger partial charge in [0.05, 0.1) is 0 Å². The predicted molar refractivity (Wildman–Crippen MR) is 97.3 cm³/mol. The summed E-state index contributed by atoms with van der Waals surface area (Å²) < 4.78 is 5.19. The molecule has 4 fully saturated rings. The molecule has 25 heavy (non-hydrogen) atoms. The Hall–Kier alpha value is -1.36. The molecular weight excluding hydrogens is 334 g/mol. The van der Waals surface area contributed by atoms with E-state index in [1.807, 2.05) is 11.4 Å². The van der Waals surface area contributed by atoms with Gasteiger partial charge in [0.1, 0.15) is 0 Å². The maximum atomic E-state index is 12.3. The maximum absolute atomic E-state index is 12.3. The fourth-order valence-corrected chi connectivity index (χ4v) is 6.43. The van der Waals surface area contributed by atoms with Gasteiger partial charge in [0.15, 0.2) is 6.61 Å². The van der Waals surface area contributed by atoms with E-state index >= 15 is 0 Å². The molecular formula is C20H27NO3S. The van der Waals surface area contributed by atoms with Crippen LogP contribution >= 0.6 is 11.3 Å². The summed E-state index contributed by atoms with van der Waals surface area (Å²) in [6.45, 7) is -0.125. The van der Waals surface area contributed by atoms with Crippen molar-refractivity contribution in [3.8, 4) is 0 Å². The first kappa shape index (κ1) is 17.1. The van der Waals surface area contributed by atoms with Crippen molar-refractivity contribution in [3.63, 3.8) is 0 Å². The Balaban J connectivity index is 1.18. The minimum Gasteiger partial charge on any atom is -0.456 e. The van der Waals surface area contributed by atoms with Gasteiger partial charge in [-0.1, -0.05) is 6.07 Å². The summed E-state index contributed by atoms with van der Waals surface area (Å²) in [5.74, 6) is 2.01. The summed E-state index contributed by atoms with van der Waals surface area (Å²) in [5.41, 5.74) is -0.00257. The largest absolute Gasteiger partial charge is 0.456 e. The number of amides is 1. The number of ether oxygens (including phenoxy) is 1. The summed E-state index contributed by atoms with van der Waals surface area (Å²) in [4.78, 5) is 25.4. The van der Waals surface area contributed by atoms with E-state index in [4.69, 9.17) is 4.74 Å². The first-order valence-corrected chi connectivity index (χ1v) is 10.5. The van der Waals surface area contributed by atoms with Crippen molar-refractivity contribution in [1.82, 2.24) is 5.32 Å². The molecule has 0 saturated heterocycles.